The lowest BCUT2D eigenvalue weighted by molar-refractivity contribution is -0.127. The molecule has 0 spiro atoms. The number of fused-ring (bicyclic) bond motifs is 1. The zero-order valence-electron chi connectivity index (χ0n) is 13.3. The van der Waals surface area contributed by atoms with Gasteiger partial charge < -0.3 is 9.84 Å². The maximum atomic E-state index is 12.6. The van der Waals surface area contributed by atoms with E-state index in [0.717, 1.165) is 11.1 Å². The summed E-state index contributed by atoms with van der Waals surface area (Å²) in [5.74, 6) is -0.138. The molecule has 23 heavy (non-hydrogen) atoms. The van der Waals surface area contributed by atoms with E-state index in [-0.39, 0.29) is 35.6 Å². The van der Waals surface area contributed by atoms with Crippen LogP contribution < -0.4 is 4.74 Å². The van der Waals surface area contributed by atoms with Gasteiger partial charge in [-0.25, -0.2) is 0 Å². The molecule has 0 bridgehead atoms. The van der Waals surface area contributed by atoms with Gasteiger partial charge in [0, 0.05) is 17.3 Å². The van der Waals surface area contributed by atoms with E-state index >= 15 is 0 Å². The van der Waals surface area contributed by atoms with E-state index in [9.17, 15) is 14.7 Å². The molecule has 3 unspecified atom stereocenters. The molecule has 3 rings (SSSR count). The number of ether oxygens (including phenoxy) is 1. The maximum absolute atomic E-state index is 12.6. The lowest BCUT2D eigenvalue weighted by Gasteiger charge is -2.41. The standard InChI is InChI=1S/C19H20O4/c1-4-11-5-7-13-15(21)10-17(22)19(13,2)18(11)12-6-8-14(20)16(9-12)23-3/h4-6,8-9,13,18,20H,1,7,10H2,2-3H3. The van der Waals surface area contributed by atoms with Gasteiger partial charge >= 0.3 is 0 Å². The highest BCUT2D eigenvalue weighted by molar-refractivity contribution is 6.11. The van der Waals surface area contributed by atoms with Crippen LogP contribution in [-0.2, 0) is 9.59 Å². The zero-order chi connectivity index (χ0) is 16.8. The second-order valence-electron chi connectivity index (χ2n) is 6.41. The minimum Gasteiger partial charge on any atom is -0.504 e. The van der Waals surface area contributed by atoms with E-state index in [1.807, 2.05) is 13.0 Å². The number of carbonyl (C=O) groups is 2. The number of ketones is 2. The average Bonchev–Trinajstić information content (AvgIpc) is 2.76. The molecule has 1 saturated carbocycles. The average molecular weight is 312 g/mol. The number of benzene rings is 1. The fraction of sp³-hybridized carbons (Fsp3) is 0.368. The van der Waals surface area contributed by atoms with Crippen LogP contribution in [0.1, 0.15) is 31.2 Å². The minimum absolute atomic E-state index is 0.00511. The molecule has 2 aliphatic carbocycles. The SMILES string of the molecule is C=CC1=CCC2C(=O)CC(=O)C2(C)C1c1ccc(O)c(OC)c1. The van der Waals surface area contributed by atoms with E-state index < -0.39 is 5.41 Å². The molecular weight excluding hydrogens is 292 g/mol. The number of carbonyl (C=O) groups excluding carboxylic acids is 2. The fourth-order valence-corrected chi connectivity index (χ4v) is 4.07. The van der Waals surface area contributed by atoms with Crippen molar-refractivity contribution in [2.75, 3.05) is 7.11 Å². The molecule has 1 N–H and O–H groups in total. The number of phenols is 1. The molecule has 4 heteroatoms. The molecule has 2 aliphatic rings. The second-order valence-corrected chi connectivity index (χ2v) is 6.41. The highest BCUT2D eigenvalue weighted by Crippen LogP contribution is 2.56. The van der Waals surface area contributed by atoms with E-state index in [1.54, 1.807) is 24.3 Å². The second kappa shape index (κ2) is 5.37. The predicted molar refractivity (Wildman–Crippen MR) is 86.5 cm³/mol. The van der Waals surface area contributed by atoms with Crippen LogP contribution in [0.5, 0.6) is 11.5 Å². The summed E-state index contributed by atoms with van der Waals surface area (Å²) in [6.45, 7) is 5.74. The quantitative estimate of drug-likeness (QED) is 0.871. The fourth-order valence-electron chi connectivity index (χ4n) is 4.07. The van der Waals surface area contributed by atoms with Crippen molar-refractivity contribution in [1.82, 2.24) is 0 Å². The van der Waals surface area contributed by atoms with Gasteiger partial charge in [-0.3, -0.25) is 9.59 Å². The normalized spacial score (nSPS) is 29.9. The highest BCUT2D eigenvalue weighted by Gasteiger charge is 2.57. The Balaban J connectivity index is 2.19. The highest BCUT2D eigenvalue weighted by atomic mass is 16.5. The van der Waals surface area contributed by atoms with Gasteiger partial charge in [0.1, 0.15) is 11.6 Å². The van der Waals surface area contributed by atoms with E-state index in [2.05, 4.69) is 6.58 Å². The van der Waals surface area contributed by atoms with Crippen LogP contribution >= 0.6 is 0 Å². The Labute approximate surface area is 135 Å². The van der Waals surface area contributed by atoms with E-state index in [4.69, 9.17) is 4.74 Å². The van der Waals surface area contributed by atoms with E-state index in [0.29, 0.717) is 12.2 Å². The molecule has 0 aromatic heterocycles. The third-order valence-electron chi connectivity index (χ3n) is 5.34. The van der Waals surface area contributed by atoms with Crippen LogP contribution in [0.3, 0.4) is 0 Å². The first-order valence-electron chi connectivity index (χ1n) is 7.68. The number of methoxy groups -OCH3 is 1. The van der Waals surface area contributed by atoms with Crippen molar-refractivity contribution in [2.45, 2.75) is 25.7 Å². The molecular formula is C19H20O4. The zero-order valence-corrected chi connectivity index (χ0v) is 13.3. The van der Waals surface area contributed by atoms with Crippen LogP contribution in [0, 0.1) is 11.3 Å². The predicted octanol–water partition coefficient (Wildman–Crippen LogP) is 3.16. The first kappa shape index (κ1) is 15.5. The summed E-state index contributed by atoms with van der Waals surface area (Å²) >= 11 is 0. The van der Waals surface area contributed by atoms with Gasteiger partial charge in [0.15, 0.2) is 11.5 Å². The smallest absolute Gasteiger partial charge is 0.160 e. The van der Waals surface area contributed by atoms with Crippen LogP contribution in [0.2, 0.25) is 0 Å². The van der Waals surface area contributed by atoms with E-state index in [1.165, 1.54) is 7.11 Å². The van der Waals surface area contributed by atoms with Crippen LogP contribution in [0.4, 0.5) is 0 Å². The molecule has 0 saturated heterocycles. The first-order chi connectivity index (χ1) is 10.9. The Morgan fingerprint density at radius 1 is 1.39 bits per heavy atom. The molecule has 0 radical (unpaired) electrons. The number of allylic oxidation sites excluding steroid dienone is 3. The third-order valence-corrected chi connectivity index (χ3v) is 5.34. The Hall–Kier alpha value is -2.36. The number of aromatic hydroxyl groups is 1. The lowest BCUT2D eigenvalue weighted by Crippen LogP contribution is -2.40. The maximum Gasteiger partial charge on any atom is 0.160 e. The van der Waals surface area contributed by atoms with Crippen molar-refractivity contribution < 1.29 is 19.4 Å². The van der Waals surface area contributed by atoms with Gasteiger partial charge in [0.25, 0.3) is 0 Å². The molecule has 0 aliphatic heterocycles. The van der Waals surface area contributed by atoms with Crippen molar-refractivity contribution in [1.29, 1.82) is 0 Å². The Bertz CT molecular complexity index is 731. The molecule has 0 amide bonds. The van der Waals surface area contributed by atoms with Crippen molar-refractivity contribution in [3.8, 4) is 11.5 Å². The summed E-state index contributed by atoms with van der Waals surface area (Å²) in [6.07, 6.45) is 4.33. The van der Waals surface area contributed by atoms with Crippen molar-refractivity contribution in [3.05, 3.63) is 48.1 Å². The Morgan fingerprint density at radius 3 is 2.78 bits per heavy atom. The van der Waals surface area contributed by atoms with Crippen LogP contribution in [-0.4, -0.2) is 23.8 Å². The van der Waals surface area contributed by atoms with Crippen molar-refractivity contribution >= 4 is 11.6 Å². The molecule has 0 heterocycles. The number of hydrogen-bond donors (Lipinski definition) is 1. The van der Waals surface area contributed by atoms with Crippen LogP contribution in [0.15, 0.2) is 42.5 Å². The minimum atomic E-state index is -0.767. The Morgan fingerprint density at radius 2 is 2.13 bits per heavy atom. The third kappa shape index (κ3) is 2.12. The van der Waals surface area contributed by atoms with Crippen molar-refractivity contribution in [3.63, 3.8) is 0 Å². The van der Waals surface area contributed by atoms with Gasteiger partial charge in [-0.1, -0.05) is 31.7 Å². The van der Waals surface area contributed by atoms with Gasteiger partial charge in [-0.2, -0.15) is 0 Å². The number of phenolic OH excluding ortho intramolecular Hbond substituents is 1. The summed E-state index contributed by atoms with van der Waals surface area (Å²) in [4.78, 5) is 24.9. The summed E-state index contributed by atoms with van der Waals surface area (Å²) in [5, 5.41) is 9.82. The lowest BCUT2D eigenvalue weighted by atomic mass is 9.60. The van der Waals surface area contributed by atoms with Gasteiger partial charge in [0.05, 0.1) is 13.5 Å². The molecule has 120 valence electrons. The van der Waals surface area contributed by atoms with Crippen LogP contribution in [0.25, 0.3) is 0 Å². The molecule has 1 fully saturated rings. The number of hydrogen-bond acceptors (Lipinski definition) is 4. The largest absolute Gasteiger partial charge is 0.504 e. The van der Waals surface area contributed by atoms with Gasteiger partial charge in [-0.15, -0.1) is 0 Å². The number of Topliss-reactive ketones (excluding diaryl/α,β-unsaturated/α-hetero) is 2. The van der Waals surface area contributed by atoms with Gasteiger partial charge in [0.2, 0.25) is 0 Å². The van der Waals surface area contributed by atoms with Crippen molar-refractivity contribution in [2.24, 2.45) is 11.3 Å². The first-order valence-corrected chi connectivity index (χ1v) is 7.68. The monoisotopic (exact) mass is 312 g/mol. The molecule has 1 aromatic carbocycles. The summed E-state index contributed by atoms with van der Waals surface area (Å²) in [7, 11) is 1.48. The number of rotatable bonds is 3. The molecule has 1 aromatic rings. The summed E-state index contributed by atoms with van der Waals surface area (Å²) < 4.78 is 5.19. The molecule has 4 nitrogen and oxygen atoms in total. The van der Waals surface area contributed by atoms with Gasteiger partial charge in [-0.05, 0) is 29.7 Å². The Kier molecular flexibility index (Phi) is 3.63. The topological polar surface area (TPSA) is 63.6 Å². The summed E-state index contributed by atoms with van der Waals surface area (Å²) in [6, 6.07) is 5.08. The molecule has 3 atom stereocenters. The summed E-state index contributed by atoms with van der Waals surface area (Å²) in [5.41, 5.74) is 1.03.